The number of thiocarbonyl (C=S) groups is 1. The quantitative estimate of drug-likeness (QED) is 0.547. The summed E-state index contributed by atoms with van der Waals surface area (Å²) < 4.78 is 2.10. The summed E-state index contributed by atoms with van der Waals surface area (Å²) in [5.41, 5.74) is 1.17. The number of amides is 1. The molecule has 0 unspecified atom stereocenters. The molecule has 30 heavy (non-hydrogen) atoms. The van der Waals surface area contributed by atoms with Gasteiger partial charge in [-0.15, -0.1) is 0 Å². The van der Waals surface area contributed by atoms with Gasteiger partial charge in [0.2, 0.25) is 0 Å². The Balaban J connectivity index is 2.16. The Morgan fingerprint density at radius 2 is 1.97 bits per heavy atom. The topological polar surface area (TPSA) is 73.8 Å². The minimum Gasteiger partial charge on any atom is -0.346 e. The van der Waals surface area contributed by atoms with Crippen LogP contribution in [-0.2, 0) is 11.8 Å². The number of rotatable bonds is 4. The molecule has 1 atom stereocenters. The molecule has 0 saturated carbocycles. The standard InChI is InChI=1S/C21H27N5O2S2/c1-6-13(2)26-20(28)17(30-21(26)29)11-15-14(3)16(12-22)19(27)24(5)18(15)25-9-7-23(4)8-10-25/h11,13H,6-10H2,1-5H3/p+1/b17-11-/t13-/m1/s1. The lowest BCUT2D eigenvalue weighted by Crippen LogP contribution is -3.12. The Kier molecular flexibility index (Phi) is 6.70. The largest absolute Gasteiger partial charge is 0.346 e. The maximum Gasteiger partial charge on any atom is 0.270 e. The van der Waals surface area contributed by atoms with E-state index in [0.29, 0.717) is 14.8 Å². The molecule has 1 aromatic rings. The van der Waals surface area contributed by atoms with Crippen LogP contribution < -0.4 is 15.4 Å². The van der Waals surface area contributed by atoms with Crippen molar-refractivity contribution in [1.29, 1.82) is 5.26 Å². The third kappa shape index (κ3) is 3.92. The smallest absolute Gasteiger partial charge is 0.270 e. The van der Waals surface area contributed by atoms with Crippen LogP contribution >= 0.6 is 24.0 Å². The Morgan fingerprint density at radius 1 is 1.33 bits per heavy atom. The van der Waals surface area contributed by atoms with Crippen LogP contribution in [0.1, 0.15) is 37.0 Å². The number of nitrogens with one attached hydrogen (secondary N) is 1. The molecule has 0 bridgehead atoms. The number of carbonyl (C=O) groups excluding carboxylic acids is 1. The van der Waals surface area contributed by atoms with E-state index >= 15 is 0 Å². The molecule has 0 aromatic carbocycles. The van der Waals surface area contributed by atoms with E-state index in [1.165, 1.54) is 16.7 Å². The van der Waals surface area contributed by atoms with Crippen LogP contribution in [0.5, 0.6) is 0 Å². The summed E-state index contributed by atoms with van der Waals surface area (Å²) in [7, 11) is 3.85. The molecule has 3 rings (SSSR count). The molecule has 0 aliphatic carbocycles. The fourth-order valence-electron chi connectivity index (χ4n) is 3.87. The van der Waals surface area contributed by atoms with Crippen molar-refractivity contribution in [1.82, 2.24) is 9.47 Å². The zero-order chi connectivity index (χ0) is 22.2. The highest BCUT2D eigenvalue weighted by Crippen LogP contribution is 2.36. The highest BCUT2D eigenvalue weighted by Gasteiger charge is 2.35. The Hall–Kier alpha value is -2.15. The minimum atomic E-state index is -0.305. The highest BCUT2D eigenvalue weighted by molar-refractivity contribution is 8.26. The van der Waals surface area contributed by atoms with Gasteiger partial charge in [0.15, 0.2) is 0 Å². The Labute approximate surface area is 186 Å². The van der Waals surface area contributed by atoms with Gasteiger partial charge < -0.3 is 9.80 Å². The van der Waals surface area contributed by atoms with Crippen molar-refractivity contribution in [3.63, 3.8) is 0 Å². The van der Waals surface area contributed by atoms with Gasteiger partial charge >= 0.3 is 0 Å². The van der Waals surface area contributed by atoms with Gasteiger partial charge in [0.1, 0.15) is 21.8 Å². The average Bonchev–Trinajstić information content (AvgIpc) is 3.00. The maximum absolute atomic E-state index is 13.1. The van der Waals surface area contributed by atoms with Crippen LogP contribution in [0.3, 0.4) is 0 Å². The van der Waals surface area contributed by atoms with Crippen LogP contribution in [0.4, 0.5) is 5.82 Å². The molecule has 2 fully saturated rings. The maximum atomic E-state index is 13.1. The third-order valence-corrected chi connectivity index (χ3v) is 7.35. The molecule has 0 spiro atoms. The van der Waals surface area contributed by atoms with Gasteiger partial charge in [0, 0.05) is 18.7 Å². The molecular weight excluding hydrogens is 418 g/mol. The second-order valence-electron chi connectivity index (χ2n) is 7.97. The van der Waals surface area contributed by atoms with Crippen molar-refractivity contribution in [2.45, 2.75) is 33.2 Å². The number of aromatic nitrogens is 1. The molecule has 2 aliphatic rings. The van der Waals surface area contributed by atoms with Gasteiger partial charge in [-0.3, -0.25) is 19.1 Å². The lowest BCUT2D eigenvalue weighted by molar-refractivity contribution is -0.880. The van der Waals surface area contributed by atoms with E-state index < -0.39 is 0 Å². The molecule has 1 amide bonds. The second-order valence-corrected chi connectivity index (χ2v) is 9.64. The van der Waals surface area contributed by atoms with Crippen LogP contribution in [-0.4, -0.2) is 59.0 Å². The third-order valence-electron chi connectivity index (χ3n) is 6.02. The van der Waals surface area contributed by atoms with E-state index in [2.05, 4.69) is 11.9 Å². The number of likely N-dealkylation sites (N-methyl/N-ethyl adjacent to an activating group) is 1. The fraction of sp³-hybridized carbons (Fsp3) is 0.524. The van der Waals surface area contributed by atoms with E-state index in [1.807, 2.05) is 26.0 Å². The molecule has 2 saturated heterocycles. The SMILES string of the molecule is CC[C@@H](C)N1C(=O)/C(=C/c2c(C)c(C#N)c(=O)n(C)c2N2CC[NH+](C)CC2)SC1=S. The van der Waals surface area contributed by atoms with Crippen molar-refractivity contribution in [2.75, 3.05) is 38.1 Å². The first-order valence-electron chi connectivity index (χ1n) is 10.2. The summed E-state index contributed by atoms with van der Waals surface area (Å²) in [6, 6.07) is 2.08. The van der Waals surface area contributed by atoms with E-state index in [-0.39, 0.29) is 23.1 Å². The number of quaternary nitrogens is 1. The first-order chi connectivity index (χ1) is 14.2. The normalized spacial score (nSPS) is 20.2. The summed E-state index contributed by atoms with van der Waals surface area (Å²) in [6.07, 6.45) is 2.63. The first-order valence-corrected chi connectivity index (χ1v) is 11.4. The number of pyridine rings is 1. The van der Waals surface area contributed by atoms with Gasteiger partial charge in [0.05, 0.1) is 38.1 Å². The summed E-state index contributed by atoms with van der Waals surface area (Å²) in [5, 5.41) is 9.58. The number of hydrogen-bond donors (Lipinski definition) is 1. The van der Waals surface area contributed by atoms with Crippen LogP contribution in [0.15, 0.2) is 9.70 Å². The van der Waals surface area contributed by atoms with Gasteiger partial charge in [-0.25, -0.2) is 0 Å². The average molecular weight is 447 g/mol. The molecule has 160 valence electrons. The summed E-state index contributed by atoms with van der Waals surface area (Å²) >= 11 is 6.74. The predicted molar refractivity (Wildman–Crippen MR) is 125 cm³/mol. The minimum absolute atomic E-state index is 0.0272. The number of hydrogen-bond acceptors (Lipinski definition) is 6. The number of anilines is 1. The summed E-state index contributed by atoms with van der Waals surface area (Å²) in [5.74, 6) is 0.651. The van der Waals surface area contributed by atoms with E-state index in [1.54, 1.807) is 23.4 Å². The molecular formula is C21H28N5O2S2+. The van der Waals surface area contributed by atoms with Gasteiger partial charge in [-0.1, -0.05) is 30.9 Å². The fourth-order valence-corrected chi connectivity index (χ4v) is 5.31. The molecule has 7 nitrogen and oxygen atoms in total. The second kappa shape index (κ2) is 8.92. The van der Waals surface area contributed by atoms with E-state index in [0.717, 1.165) is 44.0 Å². The van der Waals surface area contributed by atoms with Crippen molar-refractivity contribution in [2.24, 2.45) is 7.05 Å². The monoisotopic (exact) mass is 446 g/mol. The Morgan fingerprint density at radius 3 is 2.53 bits per heavy atom. The number of thioether (sulfide) groups is 1. The van der Waals surface area contributed by atoms with Crippen LogP contribution in [0.25, 0.3) is 6.08 Å². The first kappa shape index (κ1) is 22.5. The number of piperazine rings is 1. The predicted octanol–water partition coefficient (Wildman–Crippen LogP) is 0.900. The van der Waals surface area contributed by atoms with Crippen molar-refractivity contribution in [3.05, 3.63) is 31.9 Å². The van der Waals surface area contributed by atoms with Crippen LogP contribution in [0.2, 0.25) is 0 Å². The molecule has 0 radical (unpaired) electrons. The zero-order valence-electron chi connectivity index (χ0n) is 18.1. The Bertz CT molecular complexity index is 1020. The number of nitrogens with zero attached hydrogens (tertiary/aromatic N) is 4. The molecule has 3 heterocycles. The van der Waals surface area contributed by atoms with Crippen molar-refractivity contribution >= 4 is 46.1 Å². The number of carbonyl (C=O) groups is 1. The summed E-state index contributed by atoms with van der Waals surface area (Å²) in [4.78, 5) is 31.7. The zero-order valence-corrected chi connectivity index (χ0v) is 19.7. The van der Waals surface area contributed by atoms with Gasteiger partial charge in [-0.05, 0) is 31.9 Å². The highest BCUT2D eigenvalue weighted by atomic mass is 32.2. The van der Waals surface area contributed by atoms with E-state index in [9.17, 15) is 14.9 Å². The van der Waals surface area contributed by atoms with Crippen molar-refractivity contribution < 1.29 is 9.69 Å². The van der Waals surface area contributed by atoms with Crippen LogP contribution in [0, 0.1) is 18.3 Å². The van der Waals surface area contributed by atoms with Crippen molar-refractivity contribution in [3.8, 4) is 6.07 Å². The molecule has 1 aromatic heterocycles. The van der Waals surface area contributed by atoms with Gasteiger partial charge in [-0.2, -0.15) is 5.26 Å². The summed E-state index contributed by atoms with van der Waals surface area (Å²) in [6.45, 7) is 9.32. The molecule has 9 heteroatoms. The van der Waals surface area contributed by atoms with Gasteiger partial charge in [0.25, 0.3) is 11.5 Å². The lowest BCUT2D eigenvalue weighted by atomic mass is 10.0. The number of nitriles is 1. The lowest BCUT2D eigenvalue weighted by Gasteiger charge is -2.34. The molecule has 2 aliphatic heterocycles. The van der Waals surface area contributed by atoms with E-state index in [4.69, 9.17) is 12.2 Å². The molecule has 1 N–H and O–H groups in total.